The molecule has 7 nitrogen and oxygen atoms in total. The van der Waals surface area contributed by atoms with Crippen molar-refractivity contribution in [2.45, 2.75) is 52.1 Å². The molecule has 0 fully saturated rings. The lowest BCUT2D eigenvalue weighted by Crippen LogP contribution is -2.27. The largest absolute Gasteiger partial charge is 0.481 e. The van der Waals surface area contributed by atoms with Crippen LogP contribution in [0.5, 0.6) is 0 Å². The number of aliphatic carboxylic acids is 1. The van der Waals surface area contributed by atoms with E-state index in [4.69, 9.17) is 19.3 Å². The third kappa shape index (κ3) is 14.6. The van der Waals surface area contributed by atoms with Crippen LogP contribution >= 0.6 is 0 Å². The predicted octanol–water partition coefficient (Wildman–Crippen LogP) is 1.53. The number of unbranched alkanes of at least 4 members (excludes halogenated alkanes) is 1. The number of carboxylic acid groups (broad SMARTS) is 1. The zero-order chi connectivity index (χ0) is 16.3. The first kappa shape index (κ1) is 19.4. The van der Waals surface area contributed by atoms with Crippen LogP contribution in [0.25, 0.3) is 0 Å². The molecule has 0 aromatic heterocycles. The van der Waals surface area contributed by atoms with Crippen LogP contribution in [0.15, 0.2) is 0 Å². The SMILES string of the molecule is CC(C)(C)OC(=O)COCCOC(=O)CCCCC(=O)O. The quantitative estimate of drug-likeness (QED) is 0.482. The summed E-state index contributed by atoms with van der Waals surface area (Å²) in [5, 5.41) is 8.42. The summed E-state index contributed by atoms with van der Waals surface area (Å²) in [6.07, 6.45) is 1.15. The minimum Gasteiger partial charge on any atom is -0.481 e. The second-order valence-electron chi connectivity index (χ2n) is 5.46. The minimum absolute atomic E-state index is 0.0479. The highest BCUT2D eigenvalue weighted by Gasteiger charge is 2.16. The maximum Gasteiger partial charge on any atom is 0.332 e. The molecule has 0 heterocycles. The first-order valence-corrected chi connectivity index (χ1v) is 6.88. The normalized spacial score (nSPS) is 11.0. The van der Waals surface area contributed by atoms with E-state index >= 15 is 0 Å². The van der Waals surface area contributed by atoms with E-state index in [0.29, 0.717) is 12.8 Å². The van der Waals surface area contributed by atoms with E-state index in [1.165, 1.54) is 0 Å². The van der Waals surface area contributed by atoms with Gasteiger partial charge in [-0.05, 0) is 33.6 Å². The number of hydrogen-bond acceptors (Lipinski definition) is 6. The lowest BCUT2D eigenvalue weighted by atomic mass is 10.2. The first-order chi connectivity index (χ1) is 9.70. The summed E-state index contributed by atoms with van der Waals surface area (Å²) >= 11 is 0. The van der Waals surface area contributed by atoms with Gasteiger partial charge in [-0.2, -0.15) is 0 Å². The summed E-state index contributed by atoms with van der Waals surface area (Å²) in [4.78, 5) is 32.8. The molecule has 0 rings (SSSR count). The molecule has 0 spiro atoms. The van der Waals surface area contributed by atoms with E-state index in [2.05, 4.69) is 0 Å². The number of esters is 2. The summed E-state index contributed by atoms with van der Waals surface area (Å²) in [7, 11) is 0. The van der Waals surface area contributed by atoms with Crippen LogP contribution in [0.1, 0.15) is 46.5 Å². The molecular weight excluding hydrogens is 280 g/mol. The molecule has 0 saturated carbocycles. The summed E-state index contributed by atoms with van der Waals surface area (Å²) in [6, 6.07) is 0. The summed E-state index contributed by atoms with van der Waals surface area (Å²) < 4.78 is 14.9. The maximum absolute atomic E-state index is 11.3. The van der Waals surface area contributed by atoms with Crippen LogP contribution in [0.3, 0.4) is 0 Å². The Morgan fingerprint density at radius 1 is 0.952 bits per heavy atom. The zero-order valence-corrected chi connectivity index (χ0v) is 12.8. The molecule has 0 aromatic rings. The van der Waals surface area contributed by atoms with Gasteiger partial charge in [-0.15, -0.1) is 0 Å². The fraction of sp³-hybridized carbons (Fsp3) is 0.786. The monoisotopic (exact) mass is 304 g/mol. The lowest BCUT2D eigenvalue weighted by Gasteiger charge is -2.19. The molecule has 0 atom stereocenters. The van der Waals surface area contributed by atoms with Crippen molar-refractivity contribution in [3.8, 4) is 0 Å². The summed E-state index contributed by atoms with van der Waals surface area (Å²) in [6.45, 7) is 5.26. The van der Waals surface area contributed by atoms with Gasteiger partial charge in [0.15, 0.2) is 0 Å². The number of rotatable bonds is 10. The van der Waals surface area contributed by atoms with Crippen LogP contribution in [-0.2, 0) is 28.6 Å². The van der Waals surface area contributed by atoms with E-state index in [-0.39, 0.29) is 32.7 Å². The Balaban J connectivity index is 3.48. The molecule has 0 unspecified atom stereocenters. The Morgan fingerprint density at radius 2 is 1.57 bits per heavy atom. The van der Waals surface area contributed by atoms with Gasteiger partial charge < -0.3 is 19.3 Å². The average molecular weight is 304 g/mol. The second-order valence-corrected chi connectivity index (χ2v) is 5.46. The molecule has 0 radical (unpaired) electrons. The van der Waals surface area contributed by atoms with Crippen molar-refractivity contribution >= 4 is 17.9 Å². The molecule has 0 aromatic carbocycles. The molecule has 0 amide bonds. The zero-order valence-electron chi connectivity index (χ0n) is 12.8. The third-order valence-corrected chi connectivity index (χ3v) is 2.15. The average Bonchev–Trinajstić information content (AvgIpc) is 2.31. The Bertz CT molecular complexity index is 344. The van der Waals surface area contributed by atoms with Crippen molar-refractivity contribution < 1.29 is 33.7 Å². The van der Waals surface area contributed by atoms with Crippen molar-refractivity contribution in [3.05, 3.63) is 0 Å². The molecule has 1 N–H and O–H groups in total. The Labute approximate surface area is 124 Å². The van der Waals surface area contributed by atoms with Crippen LogP contribution in [0.2, 0.25) is 0 Å². The lowest BCUT2D eigenvalue weighted by molar-refractivity contribution is -0.161. The third-order valence-electron chi connectivity index (χ3n) is 2.15. The molecule has 0 aliphatic carbocycles. The Morgan fingerprint density at radius 3 is 2.14 bits per heavy atom. The maximum atomic E-state index is 11.3. The highest BCUT2D eigenvalue weighted by Crippen LogP contribution is 2.06. The first-order valence-electron chi connectivity index (χ1n) is 6.88. The van der Waals surface area contributed by atoms with Gasteiger partial charge in [0.25, 0.3) is 0 Å². The number of carboxylic acids is 1. The van der Waals surface area contributed by atoms with Crippen molar-refractivity contribution in [1.82, 2.24) is 0 Å². The number of carbonyl (C=O) groups excluding carboxylic acids is 2. The molecule has 0 bridgehead atoms. The van der Waals surface area contributed by atoms with E-state index in [1.807, 2.05) is 0 Å². The highest BCUT2D eigenvalue weighted by molar-refractivity contribution is 5.71. The molecule has 122 valence electrons. The Kier molecular flexibility index (Phi) is 9.36. The van der Waals surface area contributed by atoms with Crippen molar-refractivity contribution in [3.63, 3.8) is 0 Å². The Hall–Kier alpha value is -1.63. The number of carbonyl (C=O) groups is 3. The molecular formula is C14H24O7. The van der Waals surface area contributed by atoms with E-state index < -0.39 is 23.5 Å². The van der Waals surface area contributed by atoms with Gasteiger partial charge in [0.2, 0.25) is 0 Å². The summed E-state index contributed by atoms with van der Waals surface area (Å²) in [5.74, 6) is -1.75. The molecule has 21 heavy (non-hydrogen) atoms. The van der Waals surface area contributed by atoms with Gasteiger partial charge in [0, 0.05) is 12.8 Å². The van der Waals surface area contributed by atoms with Crippen molar-refractivity contribution in [2.75, 3.05) is 19.8 Å². The van der Waals surface area contributed by atoms with E-state index in [9.17, 15) is 14.4 Å². The van der Waals surface area contributed by atoms with Crippen LogP contribution in [0.4, 0.5) is 0 Å². The van der Waals surface area contributed by atoms with Gasteiger partial charge in [-0.3, -0.25) is 9.59 Å². The predicted molar refractivity (Wildman–Crippen MR) is 73.7 cm³/mol. The smallest absolute Gasteiger partial charge is 0.332 e. The number of ether oxygens (including phenoxy) is 3. The number of hydrogen-bond donors (Lipinski definition) is 1. The van der Waals surface area contributed by atoms with Gasteiger partial charge in [0.1, 0.15) is 18.8 Å². The van der Waals surface area contributed by atoms with Gasteiger partial charge in [-0.25, -0.2) is 4.79 Å². The van der Waals surface area contributed by atoms with Crippen molar-refractivity contribution in [1.29, 1.82) is 0 Å². The molecule has 0 aliphatic rings. The molecule has 0 saturated heterocycles. The van der Waals surface area contributed by atoms with Crippen LogP contribution < -0.4 is 0 Å². The van der Waals surface area contributed by atoms with Crippen molar-refractivity contribution in [2.24, 2.45) is 0 Å². The van der Waals surface area contributed by atoms with Crippen LogP contribution in [0, 0.1) is 0 Å². The molecule has 7 heteroatoms. The topological polar surface area (TPSA) is 99.1 Å². The van der Waals surface area contributed by atoms with Gasteiger partial charge >= 0.3 is 17.9 Å². The second kappa shape index (κ2) is 10.1. The standard InChI is InChI=1S/C14H24O7/c1-14(2,3)21-13(18)10-19-8-9-20-12(17)7-5-4-6-11(15)16/h4-10H2,1-3H3,(H,15,16). The van der Waals surface area contributed by atoms with Gasteiger partial charge in [0.05, 0.1) is 6.61 Å². The fourth-order valence-electron chi connectivity index (χ4n) is 1.36. The van der Waals surface area contributed by atoms with E-state index in [0.717, 1.165) is 0 Å². The molecule has 0 aliphatic heterocycles. The van der Waals surface area contributed by atoms with E-state index in [1.54, 1.807) is 20.8 Å². The summed E-state index contributed by atoms with van der Waals surface area (Å²) in [5.41, 5.74) is -0.553. The fourth-order valence-corrected chi connectivity index (χ4v) is 1.36. The highest BCUT2D eigenvalue weighted by atomic mass is 16.6. The van der Waals surface area contributed by atoms with Gasteiger partial charge in [-0.1, -0.05) is 0 Å². The minimum atomic E-state index is -0.876. The van der Waals surface area contributed by atoms with Crippen LogP contribution in [-0.4, -0.2) is 48.4 Å².